The molecule has 0 saturated carbocycles. The van der Waals surface area contributed by atoms with Crippen LogP contribution in [0.5, 0.6) is 0 Å². The van der Waals surface area contributed by atoms with Crippen molar-refractivity contribution in [2.45, 2.75) is 6.42 Å². The second-order valence-corrected chi connectivity index (χ2v) is 3.83. The summed E-state index contributed by atoms with van der Waals surface area (Å²) in [6, 6.07) is 8.02. The Morgan fingerprint density at radius 2 is 2.22 bits per heavy atom. The third-order valence-corrected chi connectivity index (χ3v) is 2.60. The molecule has 2 aromatic rings. The fourth-order valence-electron chi connectivity index (χ4n) is 1.74. The van der Waals surface area contributed by atoms with Gasteiger partial charge in [-0.15, -0.1) is 0 Å². The Balaban J connectivity index is 2.32. The first-order valence-electron chi connectivity index (χ1n) is 5.46. The number of esters is 1. The average molecular weight is 245 g/mol. The van der Waals surface area contributed by atoms with E-state index in [1.165, 1.54) is 25.4 Å². The SMILES string of the molecule is COC(=O)c1cnccc1Cc1cccc(F)c1. The Morgan fingerprint density at radius 3 is 2.94 bits per heavy atom. The van der Waals surface area contributed by atoms with Crippen LogP contribution in [0.3, 0.4) is 0 Å². The molecule has 0 fully saturated rings. The van der Waals surface area contributed by atoms with Crippen molar-refractivity contribution >= 4 is 5.97 Å². The zero-order valence-corrected chi connectivity index (χ0v) is 9.89. The van der Waals surface area contributed by atoms with Gasteiger partial charge in [0.05, 0.1) is 12.7 Å². The lowest BCUT2D eigenvalue weighted by molar-refractivity contribution is 0.0599. The first kappa shape index (κ1) is 12.2. The molecule has 0 spiro atoms. The van der Waals surface area contributed by atoms with E-state index in [-0.39, 0.29) is 5.82 Å². The molecule has 0 atom stereocenters. The van der Waals surface area contributed by atoms with E-state index in [1.54, 1.807) is 18.3 Å². The molecule has 0 aliphatic heterocycles. The van der Waals surface area contributed by atoms with E-state index in [4.69, 9.17) is 0 Å². The molecule has 92 valence electrons. The second kappa shape index (κ2) is 5.40. The molecular formula is C14H12FNO2. The zero-order valence-electron chi connectivity index (χ0n) is 9.89. The summed E-state index contributed by atoms with van der Waals surface area (Å²) in [7, 11) is 1.32. The Kier molecular flexibility index (Phi) is 3.67. The van der Waals surface area contributed by atoms with Gasteiger partial charge in [0, 0.05) is 12.4 Å². The minimum atomic E-state index is -0.436. The van der Waals surface area contributed by atoms with E-state index in [1.807, 2.05) is 6.07 Å². The highest BCUT2D eigenvalue weighted by Crippen LogP contribution is 2.15. The first-order chi connectivity index (χ1) is 8.70. The van der Waals surface area contributed by atoms with Gasteiger partial charge in [-0.1, -0.05) is 12.1 Å². The van der Waals surface area contributed by atoms with E-state index in [0.717, 1.165) is 11.1 Å². The molecule has 0 aliphatic carbocycles. The Hall–Kier alpha value is -2.23. The third kappa shape index (κ3) is 2.71. The van der Waals surface area contributed by atoms with Gasteiger partial charge in [-0.3, -0.25) is 4.98 Å². The van der Waals surface area contributed by atoms with Gasteiger partial charge in [-0.25, -0.2) is 9.18 Å². The molecule has 0 amide bonds. The minimum absolute atomic E-state index is 0.291. The fourth-order valence-corrected chi connectivity index (χ4v) is 1.74. The number of halogens is 1. The summed E-state index contributed by atoms with van der Waals surface area (Å²) in [5, 5.41) is 0. The van der Waals surface area contributed by atoms with Crippen molar-refractivity contribution < 1.29 is 13.9 Å². The summed E-state index contributed by atoms with van der Waals surface area (Å²) in [6.07, 6.45) is 3.52. The maximum absolute atomic E-state index is 13.1. The van der Waals surface area contributed by atoms with E-state index in [2.05, 4.69) is 9.72 Å². The van der Waals surface area contributed by atoms with Crippen molar-refractivity contribution in [3.05, 3.63) is 65.2 Å². The number of pyridine rings is 1. The summed E-state index contributed by atoms with van der Waals surface area (Å²) in [6.45, 7) is 0. The van der Waals surface area contributed by atoms with Gasteiger partial charge in [0.25, 0.3) is 0 Å². The molecule has 3 nitrogen and oxygen atoms in total. The highest BCUT2D eigenvalue weighted by Gasteiger charge is 2.12. The summed E-state index contributed by atoms with van der Waals surface area (Å²) in [5.74, 6) is -0.726. The molecule has 0 N–H and O–H groups in total. The van der Waals surface area contributed by atoms with Crippen molar-refractivity contribution in [2.24, 2.45) is 0 Å². The molecule has 0 radical (unpaired) electrons. The number of methoxy groups -OCH3 is 1. The number of hydrogen-bond acceptors (Lipinski definition) is 3. The number of hydrogen-bond donors (Lipinski definition) is 0. The van der Waals surface area contributed by atoms with E-state index >= 15 is 0 Å². The Labute approximate surface area is 104 Å². The molecule has 18 heavy (non-hydrogen) atoms. The zero-order chi connectivity index (χ0) is 13.0. The lowest BCUT2D eigenvalue weighted by Crippen LogP contribution is -2.06. The van der Waals surface area contributed by atoms with Crippen molar-refractivity contribution in [1.29, 1.82) is 0 Å². The molecule has 0 aliphatic rings. The largest absolute Gasteiger partial charge is 0.465 e. The van der Waals surface area contributed by atoms with E-state index in [9.17, 15) is 9.18 Å². The van der Waals surface area contributed by atoms with Gasteiger partial charge in [0.15, 0.2) is 0 Å². The van der Waals surface area contributed by atoms with Crippen molar-refractivity contribution in [3.63, 3.8) is 0 Å². The predicted octanol–water partition coefficient (Wildman–Crippen LogP) is 2.60. The third-order valence-electron chi connectivity index (χ3n) is 2.60. The van der Waals surface area contributed by atoms with Crippen molar-refractivity contribution in [3.8, 4) is 0 Å². The lowest BCUT2D eigenvalue weighted by Gasteiger charge is -2.07. The normalized spacial score (nSPS) is 10.1. The molecule has 0 unspecified atom stereocenters. The number of ether oxygens (including phenoxy) is 1. The molecule has 4 heteroatoms. The molecular weight excluding hydrogens is 233 g/mol. The summed E-state index contributed by atoms with van der Waals surface area (Å²) in [4.78, 5) is 15.5. The highest BCUT2D eigenvalue weighted by atomic mass is 19.1. The molecule has 1 aromatic heterocycles. The Morgan fingerprint density at radius 1 is 1.39 bits per heavy atom. The maximum atomic E-state index is 13.1. The van der Waals surface area contributed by atoms with Crippen LogP contribution in [0.15, 0.2) is 42.7 Å². The van der Waals surface area contributed by atoms with Crippen molar-refractivity contribution in [2.75, 3.05) is 7.11 Å². The van der Waals surface area contributed by atoms with Gasteiger partial charge < -0.3 is 4.74 Å². The second-order valence-electron chi connectivity index (χ2n) is 3.83. The molecule has 0 bridgehead atoms. The van der Waals surface area contributed by atoms with Gasteiger partial charge in [-0.2, -0.15) is 0 Å². The van der Waals surface area contributed by atoms with Gasteiger partial charge >= 0.3 is 5.97 Å². The number of nitrogens with zero attached hydrogens (tertiary/aromatic N) is 1. The fraction of sp³-hybridized carbons (Fsp3) is 0.143. The standard InChI is InChI=1S/C14H12FNO2/c1-18-14(17)13-9-16-6-5-11(13)7-10-3-2-4-12(15)8-10/h2-6,8-9H,7H2,1H3. The highest BCUT2D eigenvalue weighted by molar-refractivity contribution is 5.90. The summed E-state index contributed by atoms with van der Waals surface area (Å²) in [5.41, 5.74) is 1.97. The summed E-state index contributed by atoms with van der Waals surface area (Å²) >= 11 is 0. The first-order valence-corrected chi connectivity index (χ1v) is 5.46. The number of benzene rings is 1. The van der Waals surface area contributed by atoms with Crippen LogP contribution in [0.4, 0.5) is 4.39 Å². The topological polar surface area (TPSA) is 39.2 Å². The van der Waals surface area contributed by atoms with Crippen LogP contribution in [0.2, 0.25) is 0 Å². The predicted molar refractivity (Wildman–Crippen MR) is 64.8 cm³/mol. The smallest absolute Gasteiger partial charge is 0.339 e. The Bertz CT molecular complexity index is 569. The lowest BCUT2D eigenvalue weighted by atomic mass is 10.0. The molecule has 1 heterocycles. The van der Waals surface area contributed by atoms with Crippen LogP contribution < -0.4 is 0 Å². The summed E-state index contributed by atoms with van der Waals surface area (Å²) < 4.78 is 17.8. The van der Waals surface area contributed by atoms with Crippen LogP contribution in [0.1, 0.15) is 21.5 Å². The van der Waals surface area contributed by atoms with Gasteiger partial charge in [-0.05, 0) is 35.7 Å². The molecule has 0 saturated heterocycles. The number of carbonyl (C=O) groups excluding carboxylic acids is 1. The van der Waals surface area contributed by atoms with Crippen LogP contribution in [-0.4, -0.2) is 18.1 Å². The average Bonchev–Trinajstić information content (AvgIpc) is 2.38. The monoisotopic (exact) mass is 245 g/mol. The van der Waals surface area contributed by atoms with Crippen LogP contribution in [-0.2, 0) is 11.2 Å². The number of carbonyl (C=O) groups is 1. The number of aromatic nitrogens is 1. The van der Waals surface area contributed by atoms with Crippen LogP contribution in [0, 0.1) is 5.82 Å². The van der Waals surface area contributed by atoms with Crippen LogP contribution >= 0.6 is 0 Å². The van der Waals surface area contributed by atoms with E-state index in [0.29, 0.717) is 12.0 Å². The van der Waals surface area contributed by atoms with Crippen molar-refractivity contribution in [1.82, 2.24) is 4.98 Å². The number of rotatable bonds is 3. The van der Waals surface area contributed by atoms with Gasteiger partial charge in [0.2, 0.25) is 0 Å². The minimum Gasteiger partial charge on any atom is -0.465 e. The molecule has 1 aromatic carbocycles. The molecule has 2 rings (SSSR count). The van der Waals surface area contributed by atoms with E-state index < -0.39 is 5.97 Å². The maximum Gasteiger partial charge on any atom is 0.339 e. The van der Waals surface area contributed by atoms with Crippen LogP contribution in [0.25, 0.3) is 0 Å². The van der Waals surface area contributed by atoms with Gasteiger partial charge in [0.1, 0.15) is 5.82 Å². The quantitative estimate of drug-likeness (QED) is 0.780.